The SMILES string of the molecule is COc1cccc(-c2cncc(N(C(=O)O)c3ccc(Cl)cc3)n2)n1. The van der Waals surface area contributed by atoms with Gasteiger partial charge >= 0.3 is 6.09 Å². The molecule has 3 aromatic rings. The van der Waals surface area contributed by atoms with Crippen LogP contribution in [0.1, 0.15) is 0 Å². The smallest absolute Gasteiger partial charge is 0.417 e. The molecule has 0 aliphatic carbocycles. The number of halogens is 1. The molecule has 2 heterocycles. The average Bonchev–Trinajstić information content (AvgIpc) is 2.63. The lowest BCUT2D eigenvalue weighted by Gasteiger charge is -2.18. The van der Waals surface area contributed by atoms with E-state index < -0.39 is 6.09 Å². The fourth-order valence-corrected chi connectivity index (χ4v) is 2.31. The van der Waals surface area contributed by atoms with Gasteiger partial charge in [-0.25, -0.2) is 19.7 Å². The van der Waals surface area contributed by atoms with Crippen molar-refractivity contribution in [2.45, 2.75) is 0 Å². The standard InChI is InChI=1S/C17H13ClN4O3/c1-25-16-4-2-3-13(21-16)14-9-19-10-15(20-14)22(17(23)24)12-7-5-11(18)6-8-12/h2-10H,1H3,(H,23,24). The number of pyridine rings is 1. The Morgan fingerprint density at radius 3 is 2.52 bits per heavy atom. The molecule has 0 atom stereocenters. The first-order chi connectivity index (χ1) is 12.1. The van der Waals surface area contributed by atoms with Crippen molar-refractivity contribution >= 4 is 29.2 Å². The van der Waals surface area contributed by atoms with Crippen molar-refractivity contribution in [3.8, 4) is 17.3 Å². The lowest BCUT2D eigenvalue weighted by molar-refractivity contribution is 0.204. The van der Waals surface area contributed by atoms with Gasteiger partial charge in [-0.05, 0) is 30.3 Å². The van der Waals surface area contributed by atoms with Gasteiger partial charge in [0.05, 0.1) is 30.9 Å². The third-order valence-electron chi connectivity index (χ3n) is 3.32. The topological polar surface area (TPSA) is 88.4 Å². The van der Waals surface area contributed by atoms with E-state index in [1.807, 2.05) is 0 Å². The number of hydrogen-bond acceptors (Lipinski definition) is 5. The molecule has 0 bridgehead atoms. The van der Waals surface area contributed by atoms with Crippen LogP contribution in [0.25, 0.3) is 11.4 Å². The van der Waals surface area contributed by atoms with Crippen LogP contribution < -0.4 is 9.64 Å². The Balaban J connectivity index is 2.03. The van der Waals surface area contributed by atoms with E-state index in [9.17, 15) is 9.90 Å². The van der Waals surface area contributed by atoms with E-state index >= 15 is 0 Å². The van der Waals surface area contributed by atoms with Gasteiger partial charge in [0.15, 0.2) is 5.82 Å². The molecule has 0 spiro atoms. The molecule has 3 rings (SSSR count). The summed E-state index contributed by atoms with van der Waals surface area (Å²) >= 11 is 5.86. The van der Waals surface area contributed by atoms with Crippen LogP contribution >= 0.6 is 11.6 Å². The number of nitrogens with zero attached hydrogens (tertiary/aromatic N) is 4. The van der Waals surface area contributed by atoms with Crippen LogP contribution in [0, 0.1) is 0 Å². The van der Waals surface area contributed by atoms with Gasteiger partial charge in [-0.2, -0.15) is 0 Å². The molecule has 1 N–H and O–H groups in total. The van der Waals surface area contributed by atoms with Crippen LogP contribution in [0.3, 0.4) is 0 Å². The van der Waals surface area contributed by atoms with Crippen molar-refractivity contribution < 1.29 is 14.6 Å². The summed E-state index contributed by atoms with van der Waals surface area (Å²) in [5, 5.41) is 10.1. The molecule has 0 saturated heterocycles. The summed E-state index contributed by atoms with van der Waals surface area (Å²) in [6.07, 6.45) is 1.69. The third-order valence-corrected chi connectivity index (χ3v) is 3.57. The Hall–Kier alpha value is -3.19. The number of methoxy groups -OCH3 is 1. The molecule has 0 saturated carbocycles. The van der Waals surface area contributed by atoms with Crippen molar-refractivity contribution in [2.24, 2.45) is 0 Å². The van der Waals surface area contributed by atoms with Gasteiger partial charge in [0.25, 0.3) is 0 Å². The van der Waals surface area contributed by atoms with Gasteiger partial charge in [0.2, 0.25) is 5.88 Å². The van der Waals surface area contributed by atoms with Crippen LogP contribution in [0.4, 0.5) is 16.3 Å². The normalized spacial score (nSPS) is 10.3. The Morgan fingerprint density at radius 1 is 1.08 bits per heavy atom. The third kappa shape index (κ3) is 3.67. The van der Waals surface area contributed by atoms with Crippen LogP contribution in [-0.2, 0) is 0 Å². The van der Waals surface area contributed by atoms with Crippen molar-refractivity contribution in [1.82, 2.24) is 15.0 Å². The Bertz CT molecular complexity index is 902. The summed E-state index contributed by atoms with van der Waals surface area (Å²) in [5.41, 5.74) is 1.36. The number of ether oxygens (including phenoxy) is 1. The summed E-state index contributed by atoms with van der Waals surface area (Å²) in [5.74, 6) is 0.578. The highest BCUT2D eigenvalue weighted by Crippen LogP contribution is 2.27. The summed E-state index contributed by atoms with van der Waals surface area (Å²) < 4.78 is 5.10. The number of carbonyl (C=O) groups is 1. The number of rotatable bonds is 4. The van der Waals surface area contributed by atoms with Crippen molar-refractivity contribution in [2.75, 3.05) is 12.0 Å². The zero-order valence-electron chi connectivity index (χ0n) is 13.1. The van der Waals surface area contributed by atoms with Gasteiger partial charge in [-0.3, -0.25) is 4.98 Å². The lowest BCUT2D eigenvalue weighted by Crippen LogP contribution is -2.24. The van der Waals surface area contributed by atoms with Crippen molar-refractivity contribution in [1.29, 1.82) is 0 Å². The fourth-order valence-electron chi connectivity index (χ4n) is 2.19. The second-order valence-electron chi connectivity index (χ2n) is 4.92. The van der Waals surface area contributed by atoms with Crippen molar-refractivity contribution in [3.05, 3.63) is 59.9 Å². The van der Waals surface area contributed by atoms with E-state index in [2.05, 4.69) is 15.0 Å². The number of carboxylic acid groups (broad SMARTS) is 1. The van der Waals surface area contributed by atoms with E-state index in [1.54, 1.807) is 42.5 Å². The Morgan fingerprint density at radius 2 is 1.84 bits per heavy atom. The molecule has 0 aliphatic heterocycles. The lowest BCUT2D eigenvalue weighted by atomic mass is 10.2. The molecule has 25 heavy (non-hydrogen) atoms. The minimum atomic E-state index is -1.19. The maximum absolute atomic E-state index is 11.7. The van der Waals surface area contributed by atoms with E-state index in [4.69, 9.17) is 16.3 Å². The molecule has 0 radical (unpaired) electrons. The molecule has 126 valence electrons. The quantitative estimate of drug-likeness (QED) is 0.759. The maximum atomic E-state index is 11.7. The molecule has 0 fully saturated rings. The largest absolute Gasteiger partial charge is 0.481 e. The Kier molecular flexibility index (Phi) is 4.76. The zero-order valence-corrected chi connectivity index (χ0v) is 13.9. The summed E-state index contributed by atoms with van der Waals surface area (Å²) in [6.45, 7) is 0. The first-order valence-electron chi connectivity index (χ1n) is 7.20. The second-order valence-corrected chi connectivity index (χ2v) is 5.36. The molecule has 8 heteroatoms. The Labute approximate surface area is 148 Å². The molecule has 1 aromatic carbocycles. The highest BCUT2D eigenvalue weighted by molar-refractivity contribution is 6.30. The predicted molar refractivity (Wildman–Crippen MR) is 93.4 cm³/mol. The molecule has 2 aromatic heterocycles. The van der Waals surface area contributed by atoms with Crippen molar-refractivity contribution in [3.63, 3.8) is 0 Å². The fraction of sp³-hybridized carbons (Fsp3) is 0.0588. The van der Waals surface area contributed by atoms with Crippen LogP contribution in [0.5, 0.6) is 5.88 Å². The summed E-state index contributed by atoms with van der Waals surface area (Å²) in [4.78, 5) is 25.5. The first kappa shape index (κ1) is 16.7. The molecule has 0 unspecified atom stereocenters. The average molecular weight is 357 g/mol. The van der Waals surface area contributed by atoms with Crippen LogP contribution in [0.15, 0.2) is 54.9 Å². The molecule has 1 amide bonds. The molecule has 7 nitrogen and oxygen atoms in total. The number of hydrogen-bond donors (Lipinski definition) is 1. The van der Waals surface area contributed by atoms with Crippen LogP contribution in [0.2, 0.25) is 5.02 Å². The highest BCUT2D eigenvalue weighted by atomic mass is 35.5. The maximum Gasteiger partial charge on any atom is 0.417 e. The van der Waals surface area contributed by atoms with E-state index in [0.29, 0.717) is 28.0 Å². The molecule has 0 aliphatic rings. The monoisotopic (exact) mass is 356 g/mol. The summed E-state index contributed by atoms with van der Waals surface area (Å²) in [7, 11) is 1.51. The first-order valence-corrected chi connectivity index (χ1v) is 7.58. The van der Waals surface area contributed by atoms with Gasteiger partial charge in [-0.15, -0.1) is 0 Å². The zero-order chi connectivity index (χ0) is 17.8. The highest BCUT2D eigenvalue weighted by Gasteiger charge is 2.19. The number of aromatic nitrogens is 3. The van der Waals surface area contributed by atoms with Crippen LogP contribution in [-0.4, -0.2) is 33.3 Å². The number of amides is 1. The van der Waals surface area contributed by atoms with E-state index in [1.165, 1.54) is 19.5 Å². The van der Waals surface area contributed by atoms with Gasteiger partial charge in [0.1, 0.15) is 5.69 Å². The predicted octanol–water partition coefficient (Wildman–Crippen LogP) is 4.02. The van der Waals surface area contributed by atoms with Gasteiger partial charge in [0, 0.05) is 11.1 Å². The molecular weight excluding hydrogens is 344 g/mol. The minimum Gasteiger partial charge on any atom is -0.481 e. The summed E-state index contributed by atoms with van der Waals surface area (Å²) in [6, 6.07) is 11.6. The second kappa shape index (κ2) is 7.14. The van der Waals surface area contributed by atoms with E-state index in [-0.39, 0.29) is 5.82 Å². The molecular formula is C17H13ClN4O3. The van der Waals surface area contributed by atoms with Gasteiger partial charge < -0.3 is 9.84 Å². The number of anilines is 2. The van der Waals surface area contributed by atoms with E-state index in [0.717, 1.165) is 4.90 Å². The number of benzene rings is 1. The van der Waals surface area contributed by atoms with Gasteiger partial charge in [-0.1, -0.05) is 17.7 Å². The minimum absolute atomic E-state index is 0.150.